The quantitative estimate of drug-likeness (QED) is 0.887. The van der Waals surface area contributed by atoms with Crippen molar-refractivity contribution in [3.05, 3.63) is 34.0 Å². The molecule has 1 amide bonds. The lowest BCUT2D eigenvalue weighted by Gasteiger charge is -2.44. The van der Waals surface area contributed by atoms with E-state index in [0.717, 1.165) is 11.4 Å². The molecule has 2 aromatic rings. The number of aryl methyl sites for hydroxylation is 1. The van der Waals surface area contributed by atoms with Crippen molar-refractivity contribution in [3.63, 3.8) is 0 Å². The fourth-order valence-corrected chi connectivity index (χ4v) is 6.83. The zero-order valence-corrected chi connectivity index (χ0v) is 15.5. The van der Waals surface area contributed by atoms with Crippen molar-refractivity contribution in [2.45, 2.75) is 34.2 Å². The van der Waals surface area contributed by atoms with Crippen LogP contribution in [-0.4, -0.2) is 36.5 Å². The van der Waals surface area contributed by atoms with Gasteiger partial charge in [-0.05, 0) is 63.0 Å². The Hall–Kier alpha value is -0.820. The molecule has 3 aliphatic rings. The molecule has 5 rings (SSSR count). The molecule has 0 spiro atoms. The Kier molecular flexibility index (Phi) is 4.50. The van der Waals surface area contributed by atoms with Crippen molar-refractivity contribution in [1.82, 2.24) is 10.2 Å². The molecule has 3 saturated heterocycles. The van der Waals surface area contributed by atoms with Gasteiger partial charge in [0.1, 0.15) is 0 Å². The summed E-state index contributed by atoms with van der Waals surface area (Å²) in [5.74, 6) is 0.773. The molecule has 0 aliphatic carbocycles. The molecule has 3 aliphatic heterocycles. The van der Waals surface area contributed by atoms with Gasteiger partial charge < -0.3 is 10.2 Å². The number of hydrogen-bond donors (Lipinski definition) is 1. The van der Waals surface area contributed by atoms with Crippen LogP contribution in [-0.2, 0) is 0 Å². The summed E-state index contributed by atoms with van der Waals surface area (Å²) in [6, 6.07) is 8.65. The van der Waals surface area contributed by atoms with E-state index in [9.17, 15) is 4.79 Å². The Morgan fingerprint density at radius 2 is 1.91 bits per heavy atom. The second-order valence-corrected chi connectivity index (χ2v) is 10.3. The summed E-state index contributed by atoms with van der Waals surface area (Å²) < 4.78 is 2.47. The molecule has 23 heavy (non-hydrogen) atoms. The molecule has 2 aromatic heterocycles. The molecule has 1 N–H and O–H groups in total. The van der Waals surface area contributed by atoms with E-state index in [4.69, 9.17) is 0 Å². The maximum absolute atomic E-state index is 12.5. The van der Waals surface area contributed by atoms with E-state index < -0.39 is 0 Å². The van der Waals surface area contributed by atoms with Crippen LogP contribution in [0.4, 0.5) is 0 Å². The Morgan fingerprint density at radius 1 is 1.17 bits per heavy atom. The lowest BCUT2D eigenvalue weighted by Crippen LogP contribution is -2.57. The van der Waals surface area contributed by atoms with Crippen molar-refractivity contribution in [1.29, 1.82) is 0 Å². The molecule has 5 heterocycles. The van der Waals surface area contributed by atoms with Gasteiger partial charge in [-0.1, -0.05) is 11.8 Å². The Bertz CT molecular complexity index is 700. The smallest absolute Gasteiger partial charge is 0.261 e. The van der Waals surface area contributed by atoms with Crippen LogP contribution >= 0.6 is 34.4 Å². The van der Waals surface area contributed by atoms with Gasteiger partial charge in [0.05, 0.1) is 13.3 Å². The maximum atomic E-state index is 12.5. The third kappa shape index (κ3) is 3.50. The van der Waals surface area contributed by atoms with Crippen molar-refractivity contribution in [3.8, 4) is 0 Å². The molecular weight excluding hydrogens is 344 g/mol. The highest BCUT2D eigenvalue weighted by Crippen LogP contribution is 2.37. The molecule has 3 nitrogen and oxygen atoms in total. The number of carbonyl (C=O) groups is 1. The summed E-state index contributed by atoms with van der Waals surface area (Å²) in [6.07, 6.45) is 2.46. The SMILES string of the molecule is Cc1ccc(Sc2ccc(C(=O)N[C@H]3CN4CCC3CC4)s2)s1. The summed E-state index contributed by atoms with van der Waals surface area (Å²) in [6.45, 7) is 5.56. The highest BCUT2D eigenvalue weighted by molar-refractivity contribution is 8.02. The summed E-state index contributed by atoms with van der Waals surface area (Å²) >= 11 is 5.15. The van der Waals surface area contributed by atoms with Crippen molar-refractivity contribution in [2.75, 3.05) is 19.6 Å². The number of piperidine rings is 3. The predicted molar refractivity (Wildman–Crippen MR) is 97.9 cm³/mol. The van der Waals surface area contributed by atoms with Crippen molar-refractivity contribution < 1.29 is 4.79 Å². The van der Waals surface area contributed by atoms with E-state index in [2.05, 4.69) is 35.3 Å². The molecule has 0 unspecified atom stereocenters. The highest BCUT2D eigenvalue weighted by atomic mass is 32.2. The largest absolute Gasteiger partial charge is 0.347 e. The highest BCUT2D eigenvalue weighted by Gasteiger charge is 2.35. The topological polar surface area (TPSA) is 32.3 Å². The van der Waals surface area contributed by atoms with Gasteiger partial charge in [-0.3, -0.25) is 4.79 Å². The number of rotatable bonds is 4. The fourth-order valence-electron chi connectivity index (χ4n) is 3.43. The first-order valence-electron chi connectivity index (χ1n) is 8.05. The molecule has 3 fully saturated rings. The molecule has 122 valence electrons. The first-order valence-corrected chi connectivity index (χ1v) is 10.5. The number of hydrogen-bond acceptors (Lipinski definition) is 5. The number of fused-ring (bicyclic) bond motifs is 3. The molecule has 2 bridgehead atoms. The molecule has 0 saturated carbocycles. The first-order chi connectivity index (χ1) is 11.2. The number of thiophene rings is 2. The molecular formula is C17H20N2OS3. The molecule has 0 aromatic carbocycles. The van der Waals surface area contributed by atoms with E-state index in [0.29, 0.717) is 12.0 Å². The van der Waals surface area contributed by atoms with Gasteiger partial charge in [0.2, 0.25) is 0 Å². The second-order valence-electron chi connectivity index (χ2n) is 6.30. The monoisotopic (exact) mass is 364 g/mol. The third-order valence-electron chi connectivity index (χ3n) is 4.69. The molecule has 6 heteroatoms. The minimum Gasteiger partial charge on any atom is -0.347 e. The van der Waals surface area contributed by atoms with Crippen LogP contribution < -0.4 is 5.32 Å². The average Bonchev–Trinajstić information content (AvgIpc) is 3.18. The summed E-state index contributed by atoms with van der Waals surface area (Å²) in [5.41, 5.74) is 0. The van der Waals surface area contributed by atoms with Gasteiger partial charge in [-0.25, -0.2) is 0 Å². The zero-order chi connectivity index (χ0) is 15.8. The Balaban J connectivity index is 1.39. The summed E-state index contributed by atoms with van der Waals surface area (Å²) in [5, 5.41) is 3.27. The van der Waals surface area contributed by atoms with E-state index in [1.165, 1.54) is 39.2 Å². The normalized spacial score (nSPS) is 26.4. The molecule has 0 radical (unpaired) electrons. The van der Waals surface area contributed by atoms with Crippen LogP contribution in [0, 0.1) is 12.8 Å². The van der Waals surface area contributed by atoms with Gasteiger partial charge in [0.15, 0.2) is 0 Å². The van der Waals surface area contributed by atoms with Gasteiger partial charge in [-0.2, -0.15) is 0 Å². The minimum atomic E-state index is 0.1000. The third-order valence-corrected chi connectivity index (χ3v) is 8.04. The van der Waals surface area contributed by atoms with Crippen LogP contribution in [0.25, 0.3) is 0 Å². The van der Waals surface area contributed by atoms with Crippen LogP contribution in [0.1, 0.15) is 27.4 Å². The van der Waals surface area contributed by atoms with Crippen molar-refractivity contribution >= 4 is 40.3 Å². The minimum absolute atomic E-state index is 0.1000. The fraction of sp³-hybridized carbons (Fsp3) is 0.471. The lowest BCUT2D eigenvalue weighted by atomic mass is 9.84. The van der Waals surface area contributed by atoms with Gasteiger partial charge in [-0.15, -0.1) is 22.7 Å². The maximum Gasteiger partial charge on any atom is 0.261 e. The van der Waals surface area contributed by atoms with Crippen molar-refractivity contribution in [2.24, 2.45) is 5.92 Å². The number of amides is 1. The standard InChI is InChI=1S/C17H20N2OS3/c1-11-2-4-15(21-11)23-16-5-3-14(22-16)17(20)18-13-10-19-8-6-12(13)7-9-19/h2-5,12-13H,6-10H2,1H3,(H,18,20)/t13-/m0/s1. The average molecular weight is 365 g/mol. The summed E-state index contributed by atoms with van der Waals surface area (Å²) in [7, 11) is 0. The summed E-state index contributed by atoms with van der Waals surface area (Å²) in [4.78, 5) is 17.2. The zero-order valence-electron chi connectivity index (χ0n) is 13.1. The van der Waals surface area contributed by atoms with Crippen LogP contribution in [0.2, 0.25) is 0 Å². The van der Waals surface area contributed by atoms with E-state index >= 15 is 0 Å². The van der Waals surface area contributed by atoms with Crippen LogP contribution in [0.5, 0.6) is 0 Å². The number of carbonyl (C=O) groups excluding carboxylic acids is 1. The van der Waals surface area contributed by atoms with Crippen LogP contribution in [0.3, 0.4) is 0 Å². The number of nitrogens with one attached hydrogen (secondary N) is 1. The Labute approximate surface area is 149 Å². The second kappa shape index (κ2) is 6.59. The predicted octanol–water partition coefficient (Wildman–Crippen LogP) is 4.09. The van der Waals surface area contributed by atoms with E-state index in [-0.39, 0.29) is 5.91 Å². The van der Waals surface area contributed by atoms with Gasteiger partial charge in [0, 0.05) is 17.5 Å². The van der Waals surface area contributed by atoms with E-state index in [1.807, 2.05) is 6.07 Å². The Morgan fingerprint density at radius 3 is 2.57 bits per heavy atom. The van der Waals surface area contributed by atoms with Gasteiger partial charge in [0.25, 0.3) is 5.91 Å². The first kappa shape index (κ1) is 15.7. The van der Waals surface area contributed by atoms with Gasteiger partial charge >= 0.3 is 0 Å². The lowest BCUT2D eigenvalue weighted by molar-refractivity contribution is 0.0622. The van der Waals surface area contributed by atoms with E-state index in [1.54, 1.807) is 34.4 Å². The van der Waals surface area contributed by atoms with Crippen LogP contribution in [0.15, 0.2) is 32.7 Å². The number of nitrogens with zero attached hydrogens (tertiary/aromatic N) is 1. The molecule has 1 atom stereocenters.